The number of benzene rings is 1. The Morgan fingerprint density at radius 1 is 1.00 bits per heavy atom. The van der Waals surface area contributed by atoms with Crippen LogP contribution in [0.3, 0.4) is 0 Å². The molecule has 15 heavy (non-hydrogen) atoms. The van der Waals surface area contributed by atoms with Crippen molar-refractivity contribution >= 4 is 23.2 Å². The normalized spacial score (nSPS) is 10.3. The zero-order valence-corrected chi connectivity index (χ0v) is 9.68. The van der Waals surface area contributed by atoms with Crippen LogP contribution in [0.15, 0.2) is 36.5 Å². The van der Waals surface area contributed by atoms with Crippen LogP contribution in [0.1, 0.15) is 5.56 Å². The van der Waals surface area contributed by atoms with Crippen LogP contribution in [-0.2, 0) is 0 Å². The summed E-state index contributed by atoms with van der Waals surface area (Å²) in [5, 5.41) is 0.853. The van der Waals surface area contributed by atoms with E-state index >= 15 is 0 Å². The maximum Gasteiger partial charge on any atom is 0.148 e. The lowest BCUT2D eigenvalue weighted by molar-refractivity contribution is 1.32. The van der Waals surface area contributed by atoms with E-state index in [-0.39, 0.29) is 0 Å². The predicted octanol–water partition coefficient (Wildman–Crippen LogP) is 4.36. The quantitative estimate of drug-likeness (QED) is 0.672. The first-order valence-corrected chi connectivity index (χ1v) is 5.32. The number of hydrogen-bond acceptors (Lipinski definition) is 1. The topological polar surface area (TPSA) is 12.9 Å². The van der Waals surface area contributed by atoms with E-state index in [4.69, 9.17) is 23.2 Å². The molecule has 1 aromatic carbocycles. The monoisotopic (exact) mass is 237 g/mol. The Morgan fingerprint density at radius 3 is 2.47 bits per heavy atom. The molecule has 0 aliphatic rings. The summed E-state index contributed by atoms with van der Waals surface area (Å²) >= 11 is 12.0. The molecule has 0 saturated carbocycles. The van der Waals surface area contributed by atoms with Gasteiger partial charge in [0, 0.05) is 11.8 Å². The van der Waals surface area contributed by atoms with Crippen LogP contribution in [-0.4, -0.2) is 4.98 Å². The molecule has 0 unspecified atom stereocenters. The largest absolute Gasteiger partial charge is 0.243 e. The highest BCUT2D eigenvalue weighted by Crippen LogP contribution is 2.33. The molecule has 76 valence electrons. The van der Waals surface area contributed by atoms with Crippen molar-refractivity contribution < 1.29 is 0 Å². The Bertz CT molecular complexity index is 495. The molecule has 0 radical (unpaired) electrons. The smallest absolute Gasteiger partial charge is 0.148 e. The lowest BCUT2D eigenvalue weighted by atomic mass is 10.0. The summed E-state index contributed by atoms with van der Waals surface area (Å²) in [6.07, 6.45) is 1.66. The molecule has 0 aliphatic carbocycles. The molecular formula is C12H9Cl2N. The van der Waals surface area contributed by atoms with Crippen LogP contribution in [0.25, 0.3) is 11.1 Å². The average Bonchev–Trinajstić information content (AvgIpc) is 2.23. The van der Waals surface area contributed by atoms with E-state index in [0.29, 0.717) is 10.2 Å². The van der Waals surface area contributed by atoms with Gasteiger partial charge in [0.1, 0.15) is 5.15 Å². The molecule has 0 N–H and O–H groups in total. The zero-order chi connectivity index (χ0) is 10.8. The Balaban J connectivity index is 2.65. The molecule has 2 rings (SSSR count). The van der Waals surface area contributed by atoms with E-state index in [1.807, 2.05) is 37.3 Å². The highest BCUT2D eigenvalue weighted by Gasteiger charge is 2.08. The van der Waals surface area contributed by atoms with Gasteiger partial charge in [-0.25, -0.2) is 4.98 Å². The third-order valence-electron chi connectivity index (χ3n) is 2.28. The number of aromatic nitrogens is 1. The summed E-state index contributed by atoms with van der Waals surface area (Å²) < 4.78 is 0. The van der Waals surface area contributed by atoms with Gasteiger partial charge in [-0.1, -0.05) is 47.5 Å². The number of nitrogens with zero attached hydrogens (tertiary/aromatic N) is 1. The molecule has 0 saturated heterocycles. The van der Waals surface area contributed by atoms with Crippen LogP contribution in [0, 0.1) is 6.92 Å². The minimum atomic E-state index is 0.345. The molecule has 0 fully saturated rings. The fourth-order valence-corrected chi connectivity index (χ4v) is 1.87. The van der Waals surface area contributed by atoms with Gasteiger partial charge < -0.3 is 0 Å². The zero-order valence-electron chi connectivity index (χ0n) is 8.17. The average molecular weight is 238 g/mol. The highest BCUT2D eigenvalue weighted by atomic mass is 35.5. The van der Waals surface area contributed by atoms with Gasteiger partial charge in [-0.05, 0) is 24.1 Å². The maximum atomic E-state index is 6.11. The SMILES string of the molecule is Cc1ccccc1-c1ccnc(Cl)c1Cl. The minimum Gasteiger partial charge on any atom is -0.243 e. The fraction of sp³-hybridized carbons (Fsp3) is 0.0833. The van der Waals surface area contributed by atoms with E-state index < -0.39 is 0 Å². The van der Waals surface area contributed by atoms with Crippen molar-refractivity contribution in [1.29, 1.82) is 0 Å². The van der Waals surface area contributed by atoms with E-state index in [1.165, 1.54) is 5.56 Å². The molecule has 0 spiro atoms. The van der Waals surface area contributed by atoms with Crippen LogP contribution in [0.5, 0.6) is 0 Å². The minimum absolute atomic E-state index is 0.345. The standard InChI is InChI=1S/C12H9Cl2N/c1-8-4-2-3-5-9(8)10-6-7-15-12(14)11(10)13/h2-7H,1H3. The van der Waals surface area contributed by atoms with Crippen molar-refractivity contribution in [2.75, 3.05) is 0 Å². The van der Waals surface area contributed by atoms with Crippen molar-refractivity contribution in [2.24, 2.45) is 0 Å². The predicted molar refractivity (Wildman–Crippen MR) is 64.4 cm³/mol. The second kappa shape index (κ2) is 4.21. The third-order valence-corrected chi connectivity index (χ3v) is 3.05. The molecule has 3 heteroatoms. The molecule has 1 heterocycles. The van der Waals surface area contributed by atoms with Gasteiger partial charge in [0.15, 0.2) is 0 Å². The summed E-state index contributed by atoms with van der Waals surface area (Å²) in [5.74, 6) is 0. The van der Waals surface area contributed by atoms with Crippen molar-refractivity contribution in [3.8, 4) is 11.1 Å². The lowest BCUT2D eigenvalue weighted by Crippen LogP contribution is -1.86. The summed E-state index contributed by atoms with van der Waals surface area (Å²) in [6, 6.07) is 9.91. The van der Waals surface area contributed by atoms with Gasteiger partial charge in [0.2, 0.25) is 0 Å². The van der Waals surface area contributed by atoms with Gasteiger partial charge in [-0.3, -0.25) is 0 Å². The van der Waals surface area contributed by atoms with E-state index in [0.717, 1.165) is 11.1 Å². The summed E-state index contributed by atoms with van der Waals surface area (Å²) in [5.41, 5.74) is 3.18. The van der Waals surface area contributed by atoms with Crippen molar-refractivity contribution in [2.45, 2.75) is 6.92 Å². The highest BCUT2D eigenvalue weighted by molar-refractivity contribution is 6.43. The molecule has 1 nitrogen and oxygen atoms in total. The molecule has 0 aliphatic heterocycles. The summed E-state index contributed by atoms with van der Waals surface area (Å²) in [7, 11) is 0. The van der Waals surface area contributed by atoms with Gasteiger partial charge in [-0.15, -0.1) is 0 Å². The number of hydrogen-bond donors (Lipinski definition) is 0. The van der Waals surface area contributed by atoms with Crippen LogP contribution in [0.4, 0.5) is 0 Å². The number of aryl methyl sites for hydroxylation is 1. The van der Waals surface area contributed by atoms with Crippen LogP contribution in [0.2, 0.25) is 10.2 Å². The second-order valence-electron chi connectivity index (χ2n) is 3.28. The Kier molecular flexibility index (Phi) is 2.94. The molecule has 2 aromatic rings. The number of rotatable bonds is 1. The van der Waals surface area contributed by atoms with Crippen molar-refractivity contribution in [3.05, 3.63) is 52.3 Å². The number of halogens is 2. The van der Waals surface area contributed by atoms with Crippen molar-refractivity contribution in [3.63, 3.8) is 0 Å². The molecule has 1 aromatic heterocycles. The number of pyridine rings is 1. The Hall–Kier alpha value is -1.05. The van der Waals surface area contributed by atoms with E-state index in [9.17, 15) is 0 Å². The first-order valence-electron chi connectivity index (χ1n) is 4.56. The summed E-state index contributed by atoms with van der Waals surface area (Å²) in [4.78, 5) is 3.93. The third kappa shape index (κ3) is 1.99. The van der Waals surface area contributed by atoms with Gasteiger partial charge >= 0.3 is 0 Å². The van der Waals surface area contributed by atoms with Gasteiger partial charge in [0.25, 0.3) is 0 Å². The fourth-order valence-electron chi connectivity index (χ4n) is 1.50. The Morgan fingerprint density at radius 2 is 1.73 bits per heavy atom. The maximum absolute atomic E-state index is 6.11. The van der Waals surface area contributed by atoms with E-state index in [1.54, 1.807) is 6.20 Å². The van der Waals surface area contributed by atoms with Gasteiger partial charge in [-0.2, -0.15) is 0 Å². The first kappa shape index (κ1) is 10.5. The molecule has 0 bridgehead atoms. The van der Waals surface area contributed by atoms with Crippen molar-refractivity contribution in [1.82, 2.24) is 4.98 Å². The molecule has 0 atom stereocenters. The molecular weight excluding hydrogens is 229 g/mol. The first-order chi connectivity index (χ1) is 7.20. The second-order valence-corrected chi connectivity index (χ2v) is 4.01. The van der Waals surface area contributed by atoms with Crippen LogP contribution >= 0.6 is 23.2 Å². The van der Waals surface area contributed by atoms with E-state index in [2.05, 4.69) is 4.98 Å². The Labute approximate surface area is 98.7 Å². The lowest BCUT2D eigenvalue weighted by Gasteiger charge is -2.07. The van der Waals surface area contributed by atoms with Gasteiger partial charge in [0.05, 0.1) is 5.02 Å². The summed E-state index contributed by atoms with van der Waals surface area (Å²) in [6.45, 7) is 2.04. The molecule has 0 amide bonds. The van der Waals surface area contributed by atoms with Crippen LogP contribution < -0.4 is 0 Å².